The van der Waals surface area contributed by atoms with Crippen LogP contribution in [0.3, 0.4) is 0 Å². The monoisotopic (exact) mass is 253 g/mol. The molecule has 3 nitrogen and oxygen atoms in total. The molecule has 0 bridgehead atoms. The molecule has 0 saturated heterocycles. The summed E-state index contributed by atoms with van der Waals surface area (Å²) in [5, 5.41) is 3.79. The zero-order chi connectivity index (χ0) is 13.0. The molecule has 0 aromatic rings. The van der Waals surface area contributed by atoms with Gasteiger partial charge in [-0.1, -0.05) is 19.8 Å². The van der Waals surface area contributed by atoms with E-state index in [1.165, 1.54) is 25.7 Å². The van der Waals surface area contributed by atoms with E-state index >= 15 is 0 Å². The second-order valence-corrected chi connectivity index (χ2v) is 5.99. The Morgan fingerprint density at radius 2 is 2.00 bits per heavy atom. The van der Waals surface area contributed by atoms with Crippen molar-refractivity contribution in [1.82, 2.24) is 5.32 Å². The summed E-state index contributed by atoms with van der Waals surface area (Å²) in [6.45, 7) is 4.74. The summed E-state index contributed by atoms with van der Waals surface area (Å²) >= 11 is 0. The van der Waals surface area contributed by atoms with Gasteiger partial charge >= 0.3 is 5.97 Å². The van der Waals surface area contributed by atoms with Gasteiger partial charge in [0.2, 0.25) is 0 Å². The molecule has 2 rings (SSSR count). The largest absolute Gasteiger partial charge is 0.466 e. The Bertz CT molecular complexity index is 280. The van der Waals surface area contributed by atoms with Crippen LogP contribution in [0, 0.1) is 11.8 Å². The summed E-state index contributed by atoms with van der Waals surface area (Å²) in [6, 6.07) is 1.20. The normalized spacial score (nSPS) is 36.6. The van der Waals surface area contributed by atoms with Gasteiger partial charge in [0.05, 0.1) is 12.5 Å². The summed E-state index contributed by atoms with van der Waals surface area (Å²) in [5.41, 5.74) is 0. The van der Waals surface area contributed by atoms with Crippen LogP contribution in [-0.4, -0.2) is 24.7 Å². The third kappa shape index (κ3) is 3.47. The molecular weight excluding hydrogens is 226 g/mol. The lowest BCUT2D eigenvalue weighted by molar-refractivity contribution is -0.149. The lowest BCUT2D eigenvalue weighted by Crippen LogP contribution is -2.43. The Kier molecular flexibility index (Phi) is 5.04. The standard InChI is InChI=1S/C15H27NO2/c1-3-18-15(17)12-7-5-8-13(10-12)16-14-9-4-6-11(14)2/h11-14,16H,3-10H2,1-2H3. The highest BCUT2D eigenvalue weighted by Crippen LogP contribution is 2.30. The molecule has 0 radical (unpaired) electrons. The van der Waals surface area contributed by atoms with Gasteiger partial charge < -0.3 is 10.1 Å². The van der Waals surface area contributed by atoms with Crippen molar-refractivity contribution in [2.24, 2.45) is 11.8 Å². The zero-order valence-electron chi connectivity index (χ0n) is 11.8. The minimum absolute atomic E-state index is 0.0171. The van der Waals surface area contributed by atoms with Gasteiger partial charge in [0.15, 0.2) is 0 Å². The highest BCUT2D eigenvalue weighted by molar-refractivity contribution is 5.72. The van der Waals surface area contributed by atoms with E-state index < -0.39 is 0 Å². The molecular formula is C15H27NO2. The fraction of sp³-hybridized carbons (Fsp3) is 0.933. The van der Waals surface area contributed by atoms with E-state index in [9.17, 15) is 4.79 Å². The van der Waals surface area contributed by atoms with Gasteiger partial charge in [0, 0.05) is 12.1 Å². The minimum Gasteiger partial charge on any atom is -0.466 e. The van der Waals surface area contributed by atoms with Crippen LogP contribution in [-0.2, 0) is 9.53 Å². The predicted octanol–water partition coefficient (Wildman–Crippen LogP) is 2.89. The van der Waals surface area contributed by atoms with Crippen molar-refractivity contribution in [3.63, 3.8) is 0 Å². The maximum Gasteiger partial charge on any atom is 0.308 e. The number of carbonyl (C=O) groups excluding carboxylic acids is 1. The van der Waals surface area contributed by atoms with Gasteiger partial charge in [-0.15, -0.1) is 0 Å². The lowest BCUT2D eigenvalue weighted by atomic mass is 9.85. The molecule has 0 aromatic heterocycles. The Morgan fingerprint density at radius 3 is 2.67 bits per heavy atom. The van der Waals surface area contributed by atoms with E-state index in [4.69, 9.17) is 4.74 Å². The van der Waals surface area contributed by atoms with Gasteiger partial charge in [-0.25, -0.2) is 0 Å². The van der Waals surface area contributed by atoms with E-state index in [-0.39, 0.29) is 11.9 Å². The van der Waals surface area contributed by atoms with Crippen LogP contribution in [0.2, 0.25) is 0 Å². The lowest BCUT2D eigenvalue weighted by Gasteiger charge is -2.32. The summed E-state index contributed by atoms with van der Waals surface area (Å²) < 4.78 is 5.15. The molecule has 2 aliphatic rings. The first-order valence-electron chi connectivity index (χ1n) is 7.63. The van der Waals surface area contributed by atoms with Gasteiger partial charge in [-0.3, -0.25) is 4.79 Å². The molecule has 0 amide bonds. The van der Waals surface area contributed by atoms with Crippen LogP contribution in [0.4, 0.5) is 0 Å². The van der Waals surface area contributed by atoms with Gasteiger partial charge in [0.1, 0.15) is 0 Å². The average molecular weight is 253 g/mol. The molecule has 4 atom stereocenters. The molecule has 0 heterocycles. The van der Waals surface area contributed by atoms with Gasteiger partial charge in [-0.05, 0) is 44.9 Å². The topological polar surface area (TPSA) is 38.3 Å². The van der Waals surface area contributed by atoms with Crippen molar-refractivity contribution in [3.05, 3.63) is 0 Å². The van der Waals surface area contributed by atoms with E-state index in [0.29, 0.717) is 18.7 Å². The van der Waals surface area contributed by atoms with Crippen LogP contribution in [0.25, 0.3) is 0 Å². The van der Waals surface area contributed by atoms with Crippen molar-refractivity contribution >= 4 is 5.97 Å². The molecule has 2 aliphatic carbocycles. The number of ether oxygens (including phenoxy) is 1. The van der Waals surface area contributed by atoms with Crippen molar-refractivity contribution in [2.45, 2.75) is 70.9 Å². The molecule has 18 heavy (non-hydrogen) atoms. The second kappa shape index (κ2) is 6.55. The first-order valence-corrected chi connectivity index (χ1v) is 7.63. The molecule has 0 aliphatic heterocycles. The van der Waals surface area contributed by atoms with Crippen molar-refractivity contribution < 1.29 is 9.53 Å². The van der Waals surface area contributed by atoms with E-state index in [2.05, 4.69) is 12.2 Å². The molecule has 104 valence electrons. The first-order chi connectivity index (χ1) is 8.70. The molecule has 3 heteroatoms. The fourth-order valence-corrected chi connectivity index (χ4v) is 3.51. The zero-order valence-corrected chi connectivity index (χ0v) is 11.8. The first kappa shape index (κ1) is 13.9. The Morgan fingerprint density at radius 1 is 1.22 bits per heavy atom. The van der Waals surface area contributed by atoms with Gasteiger partial charge in [0.25, 0.3) is 0 Å². The predicted molar refractivity (Wildman–Crippen MR) is 72.3 cm³/mol. The van der Waals surface area contributed by atoms with E-state index in [1.807, 2.05) is 6.92 Å². The van der Waals surface area contributed by atoms with Crippen LogP contribution < -0.4 is 5.32 Å². The molecule has 0 spiro atoms. The number of nitrogens with one attached hydrogen (secondary N) is 1. The van der Waals surface area contributed by atoms with E-state index in [1.54, 1.807) is 0 Å². The maximum atomic E-state index is 11.8. The molecule has 2 fully saturated rings. The molecule has 2 saturated carbocycles. The minimum atomic E-state index is 0.0171. The van der Waals surface area contributed by atoms with Crippen molar-refractivity contribution in [3.8, 4) is 0 Å². The smallest absolute Gasteiger partial charge is 0.308 e. The molecule has 0 aromatic carbocycles. The Balaban J connectivity index is 1.81. The molecule has 1 N–H and O–H groups in total. The van der Waals surface area contributed by atoms with Crippen molar-refractivity contribution in [1.29, 1.82) is 0 Å². The van der Waals surface area contributed by atoms with Crippen LogP contribution in [0.5, 0.6) is 0 Å². The summed E-state index contributed by atoms with van der Waals surface area (Å²) in [4.78, 5) is 11.8. The maximum absolute atomic E-state index is 11.8. The Labute approximate surface area is 111 Å². The number of carbonyl (C=O) groups is 1. The SMILES string of the molecule is CCOC(=O)C1CCCC(NC2CCCC2C)C1. The van der Waals surface area contributed by atoms with Crippen LogP contribution in [0.1, 0.15) is 58.8 Å². The van der Waals surface area contributed by atoms with Crippen LogP contribution in [0.15, 0.2) is 0 Å². The van der Waals surface area contributed by atoms with E-state index in [0.717, 1.165) is 25.2 Å². The third-order valence-electron chi connectivity index (χ3n) is 4.61. The quantitative estimate of drug-likeness (QED) is 0.783. The fourth-order valence-electron chi connectivity index (χ4n) is 3.51. The Hall–Kier alpha value is -0.570. The van der Waals surface area contributed by atoms with Crippen LogP contribution >= 0.6 is 0 Å². The second-order valence-electron chi connectivity index (χ2n) is 5.99. The van der Waals surface area contributed by atoms with Gasteiger partial charge in [-0.2, -0.15) is 0 Å². The van der Waals surface area contributed by atoms with Crippen molar-refractivity contribution in [2.75, 3.05) is 6.61 Å². The number of hydrogen-bond donors (Lipinski definition) is 1. The summed E-state index contributed by atoms with van der Waals surface area (Å²) in [5.74, 6) is 0.948. The highest BCUT2D eigenvalue weighted by Gasteiger charge is 2.31. The third-order valence-corrected chi connectivity index (χ3v) is 4.61. The summed E-state index contributed by atoms with van der Waals surface area (Å²) in [6.07, 6.45) is 8.38. The number of hydrogen-bond acceptors (Lipinski definition) is 3. The number of esters is 1. The highest BCUT2D eigenvalue weighted by atomic mass is 16.5. The number of rotatable bonds is 4. The molecule has 4 unspecified atom stereocenters. The average Bonchev–Trinajstić information content (AvgIpc) is 2.76. The summed E-state index contributed by atoms with van der Waals surface area (Å²) in [7, 11) is 0.